The Balaban J connectivity index is 1.02. The van der Waals surface area contributed by atoms with E-state index in [1.807, 2.05) is 0 Å². The molecule has 2 heteroatoms. The van der Waals surface area contributed by atoms with Crippen molar-refractivity contribution in [3.63, 3.8) is 0 Å². The van der Waals surface area contributed by atoms with Gasteiger partial charge in [0.05, 0.1) is 11.1 Å². The average molecular weight is 714 g/mol. The minimum atomic E-state index is 0.870. The third-order valence-corrected chi connectivity index (χ3v) is 11.3. The number of hydrogen-bond acceptors (Lipinski definition) is 2. The van der Waals surface area contributed by atoms with Gasteiger partial charge in [0.1, 0.15) is 11.2 Å². The van der Waals surface area contributed by atoms with E-state index in [9.17, 15) is 0 Å². The molecule has 0 unspecified atom stereocenters. The lowest BCUT2D eigenvalue weighted by Gasteiger charge is -2.26. The number of rotatable bonds is 6. The van der Waals surface area contributed by atoms with Crippen molar-refractivity contribution in [2.24, 2.45) is 0 Å². The molecule has 1 heterocycles. The summed E-state index contributed by atoms with van der Waals surface area (Å²) in [6, 6.07) is 76.4. The minimum absolute atomic E-state index is 0.870. The number of furan rings is 1. The van der Waals surface area contributed by atoms with Gasteiger partial charge in [0.15, 0.2) is 0 Å². The van der Waals surface area contributed by atoms with Gasteiger partial charge in [0.25, 0.3) is 0 Å². The van der Waals surface area contributed by atoms with E-state index in [-0.39, 0.29) is 0 Å². The molecule has 0 amide bonds. The summed E-state index contributed by atoms with van der Waals surface area (Å²) in [5.74, 6) is 0. The fraction of sp³-hybridized carbons (Fsp3) is 0. The van der Waals surface area contributed by atoms with Crippen LogP contribution >= 0.6 is 0 Å². The van der Waals surface area contributed by atoms with Gasteiger partial charge in [0, 0.05) is 22.1 Å². The van der Waals surface area contributed by atoms with Crippen LogP contribution in [-0.4, -0.2) is 0 Å². The van der Waals surface area contributed by atoms with Crippen LogP contribution in [0.5, 0.6) is 0 Å². The third kappa shape index (κ3) is 5.42. The smallest absolute Gasteiger partial charge is 0.143 e. The SMILES string of the molecule is c1ccc(-c2ccc(-c3ccc(N(c4ccc(-c5ccc6c(ccc7ccccc76)c5)cc4)c4cccc5oc6c7ccccc7ccc6c45)cc3)cc2)cc1. The summed E-state index contributed by atoms with van der Waals surface area (Å²) in [6.07, 6.45) is 0. The van der Waals surface area contributed by atoms with Gasteiger partial charge >= 0.3 is 0 Å². The summed E-state index contributed by atoms with van der Waals surface area (Å²) in [7, 11) is 0. The Labute approximate surface area is 325 Å². The highest BCUT2D eigenvalue weighted by atomic mass is 16.3. The zero-order chi connectivity index (χ0) is 37.0. The normalized spacial score (nSPS) is 11.6. The van der Waals surface area contributed by atoms with Crippen LogP contribution in [0.2, 0.25) is 0 Å². The van der Waals surface area contributed by atoms with Crippen molar-refractivity contribution in [2.75, 3.05) is 4.90 Å². The Morgan fingerprint density at radius 1 is 0.304 bits per heavy atom. The molecular formula is C54H35NO. The van der Waals surface area contributed by atoms with Crippen molar-refractivity contribution in [2.45, 2.75) is 0 Å². The fourth-order valence-corrected chi connectivity index (χ4v) is 8.43. The Hall–Kier alpha value is -7.42. The molecule has 0 fully saturated rings. The van der Waals surface area contributed by atoms with E-state index < -0.39 is 0 Å². The van der Waals surface area contributed by atoms with Crippen molar-refractivity contribution in [1.29, 1.82) is 0 Å². The summed E-state index contributed by atoms with van der Waals surface area (Å²) in [4.78, 5) is 2.37. The largest absolute Gasteiger partial charge is 0.455 e. The molecule has 262 valence electrons. The van der Waals surface area contributed by atoms with Gasteiger partial charge in [-0.2, -0.15) is 0 Å². The van der Waals surface area contributed by atoms with Gasteiger partial charge in [-0.1, -0.05) is 164 Å². The second-order valence-electron chi connectivity index (χ2n) is 14.5. The fourth-order valence-electron chi connectivity index (χ4n) is 8.43. The topological polar surface area (TPSA) is 16.4 Å². The van der Waals surface area contributed by atoms with Crippen molar-refractivity contribution < 1.29 is 4.42 Å². The van der Waals surface area contributed by atoms with Gasteiger partial charge in [-0.05, 0) is 109 Å². The lowest BCUT2D eigenvalue weighted by Crippen LogP contribution is -2.10. The van der Waals surface area contributed by atoms with Crippen LogP contribution in [0, 0.1) is 0 Å². The zero-order valence-electron chi connectivity index (χ0n) is 30.6. The quantitative estimate of drug-likeness (QED) is 0.160. The predicted octanol–water partition coefficient (Wildman–Crippen LogP) is 15.5. The second kappa shape index (κ2) is 13.2. The Morgan fingerprint density at radius 3 is 1.48 bits per heavy atom. The van der Waals surface area contributed by atoms with E-state index in [0.29, 0.717) is 0 Å². The first-order valence-corrected chi connectivity index (χ1v) is 19.2. The number of benzene rings is 10. The molecule has 11 aromatic rings. The molecule has 10 aromatic carbocycles. The molecular weight excluding hydrogens is 679 g/mol. The molecule has 0 saturated carbocycles. The van der Waals surface area contributed by atoms with E-state index in [1.165, 1.54) is 60.3 Å². The van der Waals surface area contributed by atoms with Gasteiger partial charge in [-0.3, -0.25) is 0 Å². The lowest BCUT2D eigenvalue weighted by molar-refractivity contribution is 0.672. The molecule has 0 aliphatic rings. The first-order chi connectivity index (χ1) is 27.7. The summed E-state index contributed by atoms with van der Waals surface area (Å²) in [5, 5.41) is 9.56. The minimum Gasteiger partial charge on any atom is -0.455 e. The molecule has 2 nitrogen and oxygen atoms in total. The molecule has 0 atom stereocenters. The Morgan fingerprint density at radius 2 is 0.786 bits per heavy atom. The molecule has 0 radical (unpaired) electrons. The molecule has 1 aromatic heterocycles. The summed E-state index contributed by atoms with van der Waals surface area (Å²) < 4.78 is 6.66. The summed E-state index contributed by atoms with van der Waals surface area (Å²) >= 11 is 0. The van der Waals surface area contributed by atoms with Crippen molar-refractivity contribution >= 4 is 71.3 Å². The van der Waals surface area contributed by atoms with Crippen LogP contribution in [0.1, 0.15) is 0 Å². The van der Waals surface area contributed by atoms with E-state index in [2.05, 4.69) is 217 Å². The molecule has 0 bridgehead atoms. The maximum absolute atomic E-state index is 6.66. The molecule has 56 heavy (non-hydrogen) atoms. The highest BCUT2D eigenvalue weighted by Gasteiger charge is 2.20. The predicted molar refractivity (Wildman–Crippen MR) is 237 cm³/mol. The highest BCUT2D eigenvalue weighted by Crippen LogP contribution is 2.45. The average Bonchev–Trinajstić information content (AvgIpc) is 3.67. The number of hydrogen-bond donors (Lipinski definition) is 0. The Bertz CT molecular complexity index is 3210. The Kier molecular flexibility index (Phi) is 7.53. The lowest BCUT2D eigenvalue weighted by atomic mass is 9.97. The molecule has 0 aliphatic carbocycles. The van der Waals surface area contributed by atoms with E-state index in [0.717, 1.165) is 44.4 Å². The van der Waals surface area contributed by atoms with E-state index >= 15 is 0 Å². The van der Waals surface area contributed by atoms with E-state index in [1.54, 1.807) is 0 Å². The number of fused-ring (bicyclic) bond motifs is 8. The zero-order valence-corrected chi connectivity index (χ0v) is 30.6. The van der Waals surface area contributed by atoms with Crippen LogP contribution in [0.4, 0.5) is 17.1 Å². The van der Waals surface area contributed by atoms with Crippen molar-refractivity contribution in [3.8, 4) is 33.4 Å². The van der Waals surface area contributed by atoms with Crippen molar-refractivity contribution in [1.82, 2.24) is 0 Å². The van der Waals surface area contributed by atoms with Crippen LogP contribution < -0.4 is 4.90 Å². The first-order valence-electron chi connectivity index (χ1n) is 19.2. The molecule has 11 rings (SSSR count). The van der Waals surface area contributed by atoms with Gasteiger partial charge < -0.3 is 9.32 Å². The number of nitrogens with zero attached hydrogens (tertiary/aromatic N) is 1. The van der Waals surface area contributed by atoms with Gasteiger partial charge in [-0.25, -0.2) is 0 Å². The molecule has 0 spiro atoms. The van der Waals surface area contributed by atoms with Gasteiger partial charge in [-0.15, -0.1) is 0 Å². The van der Waals surface area contributed by atoms with E-state index in [4.69, 9.17) is 4.42 Å². The third-order valence-electron chi connectivity index (χ3n) is 11.3. The molecule has 0 N–H and O–H groups in total. The van der Waals surface area contributed by atoms with Gasteiger partial charge in [0.2, 0.25) is 0 Å². The highest BCUT2D eigenvalue weighted by molar-refractivity contribution is 6.19. The van der Waals surface area contributed by atoms with Crippen molar-refractivity contribution in [3.05, 3.63) is 212 Å². The molecule has 0 aliphatic heterocycles. The van der Waals surface area contributed by atoms with Crippen LogP contribution in [-0.2, 0) is 0 Å². The summed E-state index contributed by atoms with van der Waals surface area (Å²) in [6.45, 7) is 0. The molecule has 0 saturated heterocycles. The summed E-state index contributed by atoms with van der Waals surface area (Å²) in [5.41, 5.74) is 12.2. The monoisotopic (exact) mass is 713 g/mol. The first kappa shape index (κ1) is 32.0. The van der Waals surface area contributed by atoms with Crippen LogP contribution in [0.25, 0.3) is 87.6 Å². The van der Waals surface area contributed by atoms with Crippen LogP contribution in [0.15, 0.2) is 217 Å². The second-order valence-corrected chi connectivity index (χ2v) is 14.5. The van der Waals surface area contributed by atoms with Crippen LogP contribution in [0.3, 0.4) is 0 Å². The maximum atomic E-state index is 6.66. The number of anilines is 3. The standard InChI is InChI=1S/C54H35NO/c1-2-9-36(10-3-1)37-17-19-38(20-18-37)39-23-29-45(30-24-39)55(51-15-8-16-52-53(51)50-34-27-42-12-5-7-14-49(42)54(50)56-52)46-31-25-40(26-32-46)43-28-33-48-44(35-43)22-21-41-11-4-6-13-47(41)48/h1-35H. The maximum Gasteiger partial charge on any atom is 0.143 e.